The van der Waals surface area contributed by atoms with Crippen LogP contribution < -0.4 is 15.8 Å². The molecule has 0 saturated heterocycles. The molecule has 1 aliphatic rings. The van der Waals surface area contributed by atoms with Crippen LogP contribution in [-0.4, -0.2) is 30.3 Å². The summed E-state index contributed by atoms with van der Waals surface area (Å²) in [6, 6.07) is 20.9. The first-order valence-corrected chi connectivity index (χ1v) is 15.8. The number of allylic oxidation sites excluding steroid dienone is 1. The van der Waals surface area contributed by atoms with Crippen molar-refractivity contribution in [3.8, 4) is 17.1 Å². The average Bonchev–Trinajstić information content (AvgIpc) is 3.65. The number of halogens is 2. The van der Waals surface area contributed by atoms with Crippen molar-refractivity contribution >= 4 is 32.2 Å². The number of ether oxygens (including phenoxy) is 1. The molecule has 44 heavy (non-hydrogen) atoms. The lowest BCUT2D eigenvalue weighted by molar-refractivity contribution is 0.398. The number of benzene rings is 3. The summed E-state index contributed by atoms with van der Waals surface area (Å²) in [5.41, 5.74) is 9.05. The highest BCUT2D eigenvalue weighted by Crippen LogP contribution is 2.41. The monoisotopic (exact) mass is 615 g/mol. The van der Waals surface area contributed by atoms with Gasteiger partial charge in [-0.05, 0) is 67.1 Å². The Hall–Kier alpha value is -4.77. The van der Waals surface area contributed by atoms with Crippen molar-refractivity contribution in [3.05, 3.63) is 108 Å². The number of hydrogen-bond acceptors (Lipinski definition) is 7. The van der Waals surface area contributed by atoms with E-state index in [1.807, 2.05) is 4.68 Å². The zero-order chi connectivity index (χ0) is 30.8. The number of nitrogens with zero attached hydrogens (tertiary/aromatic N) is 3. The van der Waals surface area contributed by atoms with E-state index in [1.165, 1.54) is 30.7 Å². The highest BCUT2D eigenvalue weighted by Gasteiger charge is 2.29. The third-order valence-electron chi connectivity index (χ3n) is 7.91. The van der Waals surface area contributed by atoms with Crippen molar-refractivity contribution < 1.29 is 21.9 Å². The van der Waals surface area contributed by atoms with E-state index in [-0.39, 0.29) is 40.7 Å². The Morgan fingerprint density at radius 3 is 2.61 bits per heavy atom. The first-order valence-electron chi connectivity index (χ1n) is 14.2. The van der Waals surface area contributed by atoms with E-state index in [1.54, 1.807) is 66.7 Å². The van der Waals surface area contributed by atoms with Crippen molar-refractivity contribution in [1.82, 2.24) is 14.8 Å². The smallest absolute Gasteiger partial charge is 0.217 e. The van der Waals surface area contributed by atoms with Crippen LogP contribution in [0, 0.1) is 17.6 Å². The highest BCUT2D eigenvalue weighted by molar-refractivity contribution is 7.94. The Labute approximate surface area is 254 Å². The number of nitrogens with one attached hydrogen (secondary N) is 1. The molecule has 2 unspecified atom stereocenters. The predicted octanol–water partition coefficient (Wildman–Crippen LogP) is 6.91. The number of hydrogen-bond donors (Lipinski definition) is 2. The Bertz CT molecular complexity index is 1960. The summed E-state index contributed by atoms with van der Waals surface area (Å²) < 4.78 is 61.6. The maximum absolute atomic E-state index is 15.3. The van der Waals surface area contributed by atoms with Gasteiger partial charge in [-0.15, -0.1) is 0 Å². The van der Waals surface area contributed by atoms with Gasteiger partial charge in [0.05, 0.1) is 34.6 Å². The third kappa shape index (κ3) is 6.00. The van der Waals surface area contributed by atoms with Crippen LogP contribution in [0.15, 0.2) is 95.2 Å². The minimum absolute atomic E-state index is 0.0307. The molecule has 3 N–H and O–H groups in total. The first kappa shape index (κ1) is 29.3. The van der Waals surface area contributed by atoms with Crippen LogP contribution >= 0.6 is 0 Å². The van der Waals surface area contributed by atoms with Gasteiger partial charge in [-0.2, -0.15) is 10.1 Å². The van der Waals surface area contributed by atoms with Crippen molar-refractivity contribution in [3.63, 3.8) is 0 Å². The first-order chi connectivity index (χ1) is 21.2. The molecule has 226 valence electrons. The summed E-state index contributed by atoms with van der Waals surface area (Å²) in [5, 5.41) is 9.80. The molecule has 0 spiro atoms. The van der Waals surface area contributed by atoms with Gasteiger partial charge < -0.3 is 15.8 Å². The standard InChI is InChI=1S/C33H31F2N5O3S/c1-43-30-19-29-31(33(36)38-30)32(23-11-13-28(27(35)18-23)37-20-22-6-5-7-24(34)16-22)39-40(29)25-12-10-21(17-25)14-15-44(41,42)26-8-3-2-4-9-26/h2-9,11,13-16,18-19,21,25,37H,10,12,17,20H2,1H3,(H2,36,38)/b15-14+. The lowest BCUT2D eigenvalue weighted by Crippen LogP contribution is -2.08. The summed E-state index contributed by atoms with van der Waals surface area (Å²) in [7, 11) is -2.04. The van der Waals surface area contributed by atoms with Gasteiger partial charge in [0, 0.05) is 23.6 Å². The van der Waals surface area contributed by atoms with E-state index in [2.05, 4.69) is 10.3 Å². The fourth-order valence-corrected chi connectivity index (χ4v) is 6.81. The summed E-state index contributed by atoms with van der Waals surface area (Å²) in [6.45, 7) is 0.256. The molecule has 0 aliphatic heterocycles. The molecule has 0 amide bonds. The Balaban J connectivity index is 1.28. The zero-order valence-electron chi connectivity index (χ0n) is 24.0. The SMILES string of the molecule is COc1cc2c(c(N)n1)c(-c1ccc(NCc3cccc(F)c3)c(F)c1)nn2C1CCC(/C=C/S(=O)(=O)c2ccccc2)C1. The molecule has 11 heteroatoms. The quantitative estimate of drug-likeness (QED) is 0.185. The van der Waals surface area contributed by atoms with Gasteiger partial charge in [0.25, 0.3) is 0 Å². The number of pyridine rings is 1. The molecule has 3 aromatic carbocycles. The molecule has 2 atom stereocenters. The minimum Gasteiger partial charge on any atom is -0.481 e. The molecule has 2 heterocycles. The number of nitrogen functional groups attached to an aromatic ring is 1. The second-order valence-corrected chi connectivity index (χ2v) is 12.7. The summed E-state index contributed by atoms with van der Waals surface area (Å²) in [5.74, 6) is -0.283. The van der Waals surface area contributed by atoms with E-state index in [4.69, 9.17) is 15.6 Å². The Morgan fingerprint density at radius 1 is 1.05 bits per heavy atom. The van der Waals surface area contributed by atoms with Gasteiger partial charge >= 0.3 is 0 Å². The third-order valence-corrected chi connectivity index (χ3v) is 9.36. The van der Waals surface area contributed by atoms with Gasteiger partial charge in [0.1, 0.15) is 23.1 Å². The number of rotatable bonds is 9. The maximum Gasteiger partial charge on any atom is 0.217 e. The summed E-state index contributed by atoms with van der Waals surface area (Å²) >= 11 is 0. The van der Waals surface area contributed by atoms with Gasteiger partial charge in [0.2, 0.25) is 5.88 Å². The molecule has 1 aliphatic carbocycles. The van der Waals surface area contributed by atoms with Crippen LogP contribution in [0.3, 0.4) is 0 Å². The van der Waals surface area contributed by atoms with Gasteiger partial charge in [0.15, 0.2) is 9.84 Å². The zero-order valence-corrected chi connectivity index (χ0v) is 24.8. The van der Waals surface area contributed by atoms with Gasteiger partial charge in [-0.3, -0.25) is 4.68 Å². The van der Waals surface area contributed by atoms with Gasteiger partial charge in [-0.25, -0.2) is 17.2 Å². The molecule has 6 rings (SSSR count). The molecule has 8 nitrogen and oxygen atoms in total. The summed E-state index contributed by atoms with van der Waals surface area (Å²) in [6.07, 6.45) is 3.97. The normalized spacial score (nSPS) is 17.0. The molecule has 1 saturated carbocycles. The summed E-state index contributed by atoms with van der Waals surface area (Å²) in [4.78, 5) is 4.60. The lowest BCUT2D eigenvalue weighted by Gasteiger charge is -2.13. The average molecular weight is 616 g/mol. The highest BCUT2D eigenvalue weighted by atomic mass is 32.2. The Kier molecular flexibility index (Phi) is 8.05. The predicted molar refractivity (Wildman–Crippen MR) is 167 cm³/mol. The van der Waals surface area contributed by atoms with Crippen LogP contribution in [0.4, 0.5) is 20.3 Å². The lowest BCUT2D eigenvalue weighted by atomic mass is 10.1. The molecular formula is C33H31F2N5O3S. The number of anilines is 2. The number of fused-ring (bicyclic) bond motifs is 1. The van der Waals surface area contributed by atoms with E-state index in [9.17, 15) is 12.8 Å². The second kappa shape index (κ2) is 12.1. The van der Waals surface area contributed by atoms with Crippen LogP contribution in [0.1, 0.15) is 30.9 Å². The number of sulfone groups is 1. The minimum atomic E-state index is -3.54. The molecule has 0 bridgehead atoms. The second-order valence-electron chi connectivity index (χ2n) is 10.8. The maximum atomic E-state index is 15.3. The molecule has 0 radical (unpaired) electrons. The van der Waals surface area contributed by atoms with E-state index in [0.717, 1.165) is 12.8 Å². The van der Waals surface area contributed by atoms with E-state index >= 15 is 4.39 Å². The van der Waals surface area contributed by atoms with Crippen molar-refractivity contribution in [1.29, 1.82) is 0 Å². The van der Waals surface area contributed by atoms with Crippen molar-refractivity contribution in [2.24, 2.45) is 5.92 Å². The topological polar surface area (TPSA) is 112 Å². The van der Waals surface area contributed by atoms with Crippen LogP contribution in [0.5, 0.6) is 5.88 Å². The van der Waals surface area contributed by atoms with E-state index < -0.39 is 15.7 Å². The largest absolute Gasteiger partial charge is 0.481 e. The van der Waals surface area contributed by atoms with Crippen molar-refractivity contribution in [2.45, 2.75) is 36.7 Å². The van der Waals surface area contributed by atoms with E-state index in [0.29, 0.717) is 40.0 Å². The number of aromatic nitrogens is 3. The molecule has 1 fully saturated rings. The van der Waals surface area contributed by atoms with Crippen LogP contribution in [0.25, 0.3) is 22.2 Å². The number of nitrogens with two attached hydrogens (primary N) is 1. The van der Waals surface area contributed by atoms with Gasteiger partial charge in [-0.1, -0.05) is 42.5 Å². The van der Waals surface area contributed by atoms with Crippen LogP contribution in [0.2, 0.25) is 0 Å². The fourth-order valence-electron chi connectivity index (χ4n) is 5.69. The molecule has 2 aromatic heterocycles. The number of methoxy groups -OCH3 is 1. The fraction of sp³-hybridized carbons (Fsp3) is 0.212. The molecule has 5 aromatic rings. The molecular weight excluding hydrogens is 584 g/mol. The Morgan fingerprint density at radius 2 is 1.86 bits per heavy atom. The van der Waals surface area contributed by atoms with Crippen molar-refractivity contribution in [2.75, 3.05) is 18.2 Å². The van der Waals surface area contributed by atoms with Crippen LogP contribution in [-0.2, 0) is 16.4 Å².